The molecule has 0 amide bonds. The average Bonchev–Trinajstić information content (AvgIpc) is 3.29. The van der Waals surface area contributed by atoms with Crippen molar-refractivity contribution in [2.75, 3.05) is 20.0 Å². The summed E-state index contributed by atoms with van der Waals surface area (Å²) in [7, 11) is -4.09. The lowest BCUT2D eigenvalue weighted by atomic mass is 9.98. The maximum Gasteiger partial charge on any atom is 0.325 e. The minimum absolute atomic E-state index is 0.00798. The Balaban J connectivity index is 1.88. The van der Waals surface area contributed by atoms with Crippen molar-refractivity contribution in [3.8, 4) is 11.5 Å². The van der Waals surface area contributed by atoms with Crippen LogP contribution in [-0.4, -0.2) is 45.6 Å². The van der Waals surface area contributed by atoms with E-state index >= 15 is 0 Å². The van der Waals surface area contributed by atoms with Crippen LogP contribution in [0.15, 0.2) is 53.4 Å². The summed E-state index contributed by atoms with van der Waals surface area (Å²) >= 11 is 0. The summed E-state index contributed by atoms with van der Waals surface area (Å²) in [6, 6.07) is 12.6. The summed E-state index contributed by atoms with van der Waals surface area (Å²) < 4.78 is 48.2. The van der Waals surface area contributed by atoms with Crippen LogP contribution in [0.2, 0.25) is 0 Å². The number of carbonyl (C=O) groups is 2. The molecule has 1 saturated carbocycles. The average molecular weight is 446 g/mol. The molecule has 31 heavy (non-hydrogen) atoms. The van der Waals surface area contributed by atoms with Crippen molar-refractivity contribution in [3.63, 3.8) is 0 Å². The quantitative estimate of drug-likeness (QED) is 0.472. The van der Waals surface area contributed by atoms with Gasteiger partial charge in [-0.1, -0.05) is 24.3 Å². The van der Waals surface area contributed by atoms with Gasteiger partial charge in [-0.3, -0.25) is 9.59 Å². The second-order valence-corrected chi connectivity index (χ2v) is 9.25. The number of hydrogen-bond acceptors (Lipinski definition) is 8. The van der Waals surface area contributed by atoms with Crippen LogP contribution in [0.4, 0.5) is 0 Å². The third kappa shape index (κ3) is 3.23. The highest BCUT2D eigenvalue weighted by Gasteiger charge is 2.81. The highest BCUT2D eigenvalue weighted by atomic mass is 32.2. The normalized spacial score (nSPS) is 20.7. The molecule has 2 aliphatic rings. The van der Waals surface area contributed by atoms with Gasteiger partial charge in [-0.05, 0) is 43.7 Å². The fraction of sp³-hybridized carbons (Fsp3) is 0.364. The molecule has 9 heteroatoms. The van der Waals surface area contributed by atoms with Crippen molar-refractivity contribution in [3.05, 3.63) is 54.1 Å². The largest absolute Gasteiger partial charge is 0.465 e. The predicted molar refractivity (Wildman–Crippen MR) is 108 cm³/mol. The van der Waals surface area contributed by atoms with Gasteiger partial charge in [-0.25, -0.2) is 8.42 Å². The third-order valence-electron chi connectivity index (χ3n) is 5.52. The van der Waals surface area contributed by atoms with Gasteiger partial charge in [0.2, 0.25) is 6.79 Å². The molecule has 2 aromatic rings. The number of ether oxygens (including phenoxy) is 4. The van der Waals surface area contributed by atoms with E-state index < -0.39 is 38.4 Å². The first-order chi connectivity index (χ1) is 14.9. The lowest BCUT2D eigenvalue weighted by Crippen LogP contribution is -2.35. The van der Waals surface area contributed by atoms with E-state index in [4.69, 9.17) is 18.9 Å². The molecule has 1 fully saturated rings. The van der Waals surface area contributed by atoms with Crippen LogP contribution in [0, 0.1) is 5.41 Å². The minimum atomic E-state index is -4.09. The Hall–Kier alpha value is -3.07. The molecule has 4 rings (SSSR count). The molecule has 0 radical (unpaired) electrons. The Morgan fingerprint density at radius 1 is 0.968 bits per heavy atom. The zero-order valence-corrected chi connectivity index (χ0v) is 17.9. The van der Waals surface area contributed by atoms with Crippen LogP contribution in [0.1, 0.15) is 25.3 Å². The third-order valence-corrected chi connectivity index (χ3v) is 7.76. The van der Waals surface area contributed by atoms with Gasteiger partial charge in [-0.15, -0.1) is 0 Å². The van der Waals surface area contributed by atoms with Crippen LogP contribution < -0.4 is 9.47 Å². The first-order valence-corrected chi connectivity index (χ1v) is 11.5. The Labute approximate surface area is 180 Å². The number of fused-ring (bicyclic) bond motifs is 1. The van der Waals surface area contributed by atoms with Crippen molar-refractivity contribution in [2.24, 2.45) is 5.41 Å². The number of hydrogen-bond donors (Lipinski definition) is 0. The Morgan fingerprint density at radius 2 is 1.58 bits per heavy atom. The molecule has 2 atom stereocenters. The maximum atomic E-state index is 13.6. The Morgan fingerprint density at radius 3 is 2.19 bits per heavy atom. The predicted octanol–water partition coefficient (Wildman–Crippen LogP) is 2.47. The molecular formula is C22H22O8S. The first kappa shape index (κ1) is 21.2. The van der Waals surface area contributed by atoms with Crippen molar-refractivity contribution < 1.29 is 37.0 Å². The van der Waals surface area contributed by atoms with Crippen molar-refractivity contribution >= 4 is 21.8 Å². The summed E-state index contributed by atoms with van der Waals surface area (Å²) in [4.78, 5) is 26.2. The van der Waals surface area contributed by atoms with Gasteiger partial charge in [0.05, 0.1) is 18.1 Å². The first-order valence-electron chi connectivity index (χ1n) is 9.91. The van der Waals surface area contributed by atoms with Gasteiger partial charge in [0, 0.05) is 5.92 Å². The number of esters is 2. The van der Waals surface area contributed by atoms with E-state index in [2.05, 4.69) is 0 Å². The van der Waals surface area contributed by atoms with Crippen LogP contribution in [0.3, 0.4) is 0 Å². The number of rotatable bonds is 7. The molecule has 1 heterocycles. The van der Waals surface area contributed by atoms with E-state index in [0.717, 1.165) is 0 Å². The van der Waals surface area contributed by atoms with Crippen LogP contribution >= 0.6 is 0 Å². The molecule has 1 aliphatic carbocycles. The molecule has 0 N–H and O–H groups in total. The number of carbonyl (C=O) groups excluding carboxylic acids is 2. The maximum absolute atomic E-state index is 13.6. The molecule has 0 saturated heterocycles. The molecular weight excluding hydrogens is 424 g/mol. The number of sulfone groups is 1. The highest BCUT2D eigenvalue weighted by molar-refractivity contribution is 7.92. The van der Waals surface area contributed by atoms with E-state index in [-0.39, 0.29) is 24.9 Å². The van der Waals surface area contributed by atoms with Gasteiger partial charge in [0.25, 0.3) is 0 Å². The zero-order valence-electron chi connectivity index (χ0n) is 17.1. The SMILES string of the molecule is CCOC(=O)C1(C(=O)OCC)[C@H](c2ccc3c(c2)OCO3)[C@H]1S(=O)(=O)c1ccccc1. The fourth-order valence-electron chi connectivity index (χ4n) is 4.15. The topological polar surface area (TPSA) is 105 Å². The zero-order chi connectivity index (χ0) is 22.2. The molecule has 164 valence electrons. The minimum Gasteiger partial charge on any atom is -0.465 e. The lowest BCUT2D eigenvalue weighted by molar-refractivity contribution is -0.164. The number of benzene rings is 2. The van der Waals surface area contributed by atoms with Crippen LogP contribution in [-0.2, 0) is 28.9 Å². The van der Waals surface area contributed by atoms with E-state index in [1.165, 1.54) is 12.1 Å². The van der Waals surface area contributed by atoms with Crippen molar-refractivity contribution in [1.29, 1.82) is 0 Å². The van der Waals surface area contributed by atoms with E-state index in [1.54, 1.807) is 50.2 Å². The Bertz CT molecular complexity index is 1090. The molecule has 2 aromatic carbocycles. The molecule has 0 aromatic heterocycles. The molecule has 1 aliphatic heterocycles. The van der Waals surface area contributed by atoms with E-state index in [1.807, 2.05) is 0 Å². The van der Waals surface area contributed by atoms with E-state index in [0.29, 0.717) is 17.1 Å². The fourth-order valence-corrected chi connectivity index (χ4v) is 6.46. The van der Waals surface area contributed by atoms with Crippen LogP contribution in [0.5, 0.6) is 11.5 Å². The molecule has 8 nitrogen and oxygen atoms in total. The van der Waals surface area contributed by atoms with Gasteiger partial charge in [0.15, 0.2) is 26.8 Å². The summed E-state index contributed by atoms with van der Waals surface area (Å²) in [6.45, 7) is 3.21. The second kappa shape index (κ2) is 7.88. The van der Waals surface area contributed by atoms with Gasteiger partial charge in [0.1, 0.15) is 5.25 Å². The molecule has 0 bridgehead atoms. The molecule has 0 unspecified atom stereocenters. The standard InChI is InChI=1S/C22H22O8S/c1-3-27-20(23)22(21(24)28-4-2)18(14-10-11-16-17(12-14)30-13-29-16)19(22)31(25,26)15-8-6-5-7-9-15/h5-12,18-19H,3-4,13H2,1-2H3/t18-,19-/m1/s1. The molecule has 0 spiro atoms. The second-order valence-electron chi connectivity index (χ2n) is 7.18. The smallest absolute Gasteiger partial charge is 0.325 e. The Kier molecular flexibility index (Phi) is 5.38. The van der Waals surface area contributed by atoms with E-state index in [9.17, 15) is 18.0 Å². The lowest BCUT2D eigenvalue weighted by Gasteiger charge is -2.15. The highest BCUT2D eigenvalue weighted by Crippen LogP contribution is 2.66. The van der Waals surface area contributed by atoms with Gasteiger partial charge in [-0.2, -0.15) is 0 Å². The summed E-state index contributed by atoms with van der Waals surface area (Å²) in [5.41, 5.74) is -1.55. The van der Waals surface area contributed by atoms with Crippen molar-refractivity contribution in [1.82, 2.24) is 0 Å². The van der Waals surface area contributed by atoms with Gasteiger partial charge >= 0.3 is 11.9 Å². The van der Waals surface area contributed by atoms with Crippen molar-refractivity contribution in [2.45, 2.75) is 29.9 Å². The van der Waals surface area contributed by atoms with Gasteiger partial charge < -0.3 is 18.9 Å². The summed E-state index contributed by atoms with van der Waals surface area (Å²) in [5.74, 6) is -1.90. The monoisotopic (exact) mass is 446 g/mol. The van der Waals surface area contributed by atoms with Crippen LogP contribution in [0.25, 0.3) is 0 Å². The summed E-state index contributed by atoms with van der Waals surface area (Å²) in [5, 5.41) is -1.37. The summed E-state index contributed by atoms with van der Waals surface area (Å²) in [6.07, 6.45) is 0.